The molecule has 0 aliphatic carbocycles. The Hall–Kier alpha value is -7.67. The maximum atomic E-state index is 10.0. The average molecular weight is 948 g/mol. The first-order valence-electron chi connectivity index (χ1n) is 30.1. The fourth-order valence-electron chi connectivity index (χ4n) is 9.32. The van der Waals surface area contributed by atoms with Gasteiger partial charge in [-0.15, -0.1) is 0 Å². The lowest BCUT2D eigenvalue weighted by molar-refractivity contribution is 0.673. The Morgan fingerprint density at radius 3 is 1.34 bits per heavy atom. The Bertz CT molecular complexity index is 4630. The van der Waals surface area contributed by atoms with Gasteiger partial charge in [0.1, 0.15) is 22.3 Å². The van der Waals surface area contributed by atoms with E-state index in [0.29, 0.717) is 16.7 Å². The molecule has 8 aromatic carbocycles. The highest BCUT2D eigenvalue weighted by atomic mass is 32.2. The summed E-state index contributed by atoms with van der Waals surface area (Å²) in [4.78, 5) is 9.27. The molecule has 12 aromatic rings. The zero-order chi connectivity index (χ0) is 61.5. The fraction of sp³-hybridized carbons (Fsp3) is 0.156. The van der Waals surface area contributed by atoms with E-state index in [-0.39, 0.29) is 22.4 Å². The molecule has 0 amide bonds. The van der Waals surface area contributed by atoms with E-state index >= 15 is 0 Å². The number of furan rings is 2. The Morgan fingerprint density at radius 1 is 0.386 bits per heavy atom. The quantitative estimate of drug-likeness (QED) is 0.176. The van der Waals surface area contributed by atoms with Gasteiger partial charge in [0.25, 0.3) is 0 Å². The molecule has 1 unspecified atom stereocenters. The molecule has 5 nitrogen and oxygen atoms in total. The number of rotatable bonds is 4. The van der Waals surface area contributed by atoms with Crippen LogP contribution in [0.1, 0.15) is 65.1 Å². The van der Waals surface area contributed by atoms with Gasteiger partial charge in [-0.3, -0.25) is 14.2 Å². The highest BCUT2D eigenvalue weighted by Crippen LogP contribution is 2.42. The predicted molar refractivity (Wildman–Crippen MR) is 298 cm³/mol. The van der Waals surface area contributed by atoms with Gasteiger partial charge in [-0.1, -0.05) is 109 Å². The number of aryl methyl sites for hydroxylation is 8. The van der Waals surface area contributed by atoms with Crippen LogP contribution in [0.5, 0.6) is 0 Å². The lowest BCUT2D eigenvalue weighted by atomic mass is 9.92. The topological polar surface area (TPSA) is 69.1 Å². The minimum Gasteiger partial charge on any atom is -0.455 e. The molecule has 0 radical (unpaired) electrons. The van der Waals surface area contributed by atoms with Gasteiger partial charge in [0.15, 0.2) is 0 Å². The standard InChI is InChI=1S/2C31H25NO.C2H6OS/c2*1-18-14-20(3)27(15-19(18)2)28-16-29(32-17-21(28)4)26-11-7-10-24-25-13-12-22-8-5-6-9-23(22)30(25)33-31(24)26;1-4(2)3/h2*5-17H,1-4H3;1-2H3/i1D3,2D3,3D3,4D3;;1D3. The van der Waals surface area contributed by atoms with Crippen molar-refractivity contribution in [2.75, 3.05) is 12.4 Å². The van der Waals surface area contributed by atoms with Crippen molar-refractivity contribution in [2.24, 2.45) is 0 Å². The van der Waals surface area contributed by atoms with Crippen LogP contribution in [0.4, 0.5) is 0 Å². The Balaban J connectivity index is 0.000000176. The number of aromatic nitrogens is 2. The van der Waals surface area contributed by atoms with Crippen LogP contribution >= 0.6 is 0 Å². The van der Waals surface area contributed by atoms with Gasteiger partial charge < -0.3 is 8.83 Å². The zero-order valence-electron chi connectivity index (χ0n) is 54.0. The zero-order valence-corrected chi connectivity index (χ0v) is 39.9. The maximum Gasteiger partial charge on any atom is 0.144 e. The van der Waals surface area contributed by atoms with Crippen LogP contribution in [0.15, 0.2) is 167 Å². The van der Waals surface area contributed by atoms with E-state index in [2.05, 4.69) is 105 Å². The Morgan fingerprint density at radius 2 is 0.800 bits per heavy atom. The van der Waals surface area contributed by atoms with Gasteiger partial charge in [-0.2, -0.15) is 0 Å². The number of para-hydroxylation sites is 2. The monoisotopic (exact) mass is 947 g/mol. The summed E-state index contributed by atoms with van der Waals surface area (Å²) in [5, 5.41) is 8.12. The number of nitrogens with zero attached hydrogens (tertiary/aromatic N) is 2. The highest BCUT2D eigenvalue weighted by molar-refractivity contribution is 7.83. The smallest absolute Gasteiger partial charge is 0.144 e. The molecule has 0 N–H and O–H groups in total. The number of fused-ring (bicyclic) bond motifs is 10. The Labute approximate surface area is 433 Å². The number of hydrogen-bond donors (Lipinski definition) is 0. The second-order valence-corrected chi connectivity index (χ2v) is 18.5. The molecule has 0 spiro atoms. The highest BCUT2D eigenvalue weighted by Gasteiger charge is 2.19. The van der Waals surface area contributed by atoms with E-state index in [9.17, 15) is 4.21 Å². The summed E-state index contributed by atoms with van der Waals surface area (Å²) in [7, 11) is -1.68. The van der Waals surface area contributed by atoms with Gasteiger partial charge in [0.05, 0.1) is 11.4 Å². The van der Waals surface area contributed by atoms with Crippen molar-refractivity contribution in [3.63, 3.8) is 0 Å². The summed E-state index contributed by atoms with van der Waals surface area (Å²) < 4.78 is 139. The maximum absolute atomic E-state index is 10.0. The summed E-state index contributed by atoms with van der Waals surface area (Å²) >= 11 is 0. The van der Waals surface area contributed by atoms with Crippen molar-refractivity contribution in [1.82, 2.24) is 9.97 Å². The van der Waals surface area contributed by atoms with Crippen molar-refractivity contribution in [3.8, 4) is 44.8 Å². The molecular weight excluding hydrogens is 877 g/mol. The number of benzene rings is 8. The van der Waals surface area contributed by atoms with Gasteiger partial charge in [-0.25, -0.2) is 0 Å². The molecule has 0 bridgehead atoms. The third kappa shape index (κ3) is 8.47. The normalized spacial score (nSPS) is 15.9. The molecule has 0 aliphatic heterocycles. The molecule has 0 aliphatic rings. The summed E-state index contributed by atoms with van der Waals surface area (Å²) in [6, 6.07) is 46.2. The van der Waals surface area contributed by atoms with E-state index in [0.717, 1.165) is 84.7 Å². The summed E-state index contributed by atoms with van der Waals surface area (Å²) in [6.07, 6.45) is 1.98. The van der Waals surface area contributed by atoms with E-state index in [1.54, 1.807) is 12.1 Å². The molecule has 346 valence electrons. The van der Waals surface area contributed by atoms with Crippen LogP contribution in [0.25, 0.3) is 110 Å². The van der Waals surface area contributed by atoms with Crippen LogP contribution in [0.2, 0.25) is 0 Å². The second-order valence-electron chi connectivity index (χ2n) is 17.5. The SMILES string of the molecule is Cc1cc(C)c(-c2cc(-c3cccc4c3oc3c5ccccc5ccc43)ncc2C)cc1C.[2H]C([2H])([2H])S(C)=O.[2H]C([2H])([2H])c1cnc(-c2cccc3c2oc2c4ccccc4ccc32)cc1-c1cc(C([2H])([2H])[2H])c(C([2H])([2H])[2H])cc1C([2H])([2H])[2H]. The van der Waals surface area contributed by atoms with Gasteiger partial charge >= 0.3 is 0 Å². The van der Waals surface area contributed by atoms with Crippen LogP contribution in [-0.4, -0.2) is 26.6 Å². The predicted octanol–water partition coefficient (Wildman–Crippen LogP) is 17.4. The largest absolute Gasteiger partial charge is 0.455 e. The minimum atomic E-state index is -2.94. The Kier molecular flexibility index (Phi) is 8.39. The number of hydrogen-bond acceptors (Lipinski definition) is 5. The third-order valence-corrected chi connectivity index (χ3v) is 12.9. The molecule has 0 saturated heterocycles. The van der Waals surface area contributed by atoms with Crippen LogP contribution in [0.3, 0.4) is 0 Å². The molecule has 0 saturated carbocycles. The first-order valence-corrected chi connectivity index (χ1v) is 24.1. The van der Waals surface area contributed by atoms with Gasteiger partial charge in [0, 0.05) is 99.6 Å². The fourth-order valence-corrected chi connectivity index (χ4v) is 9.32. The van der Waals surface area contributed by atoms with Crippen molar-refractivity contribution in [1.29, 1.82) is 0 Å². The van der Waals surface area contributed by atoms with E-state index in [4.69, 9.17) is 34.4 Å². The van der Waals surface area contributed by atoms with E-state index < -0.39 is 61.1 Å². The number of pyridine rings is 2. The molecule has 1 atom stereocenters. The summed E-state index contributed by atoms with van der Waals surface area (Å²) in [5.74, 6) is 0. The lowest BCUT2D eigenvalue weighted by Crippen LogP contribution is -1.94. The van der Waals surface area contributed by atoms with Gasteiger partial charge in [0.2, 0.25) is 0 Å². The van der Waals surface area contributed by atoms with Crippen LogP contribution in [-0.2, 0) is 10.8 Å². The van der Waals surface area contributed by atoms with Crippen molar-refractivity contribution < 1.29 is 33.6 Å². The lowest BCUT2D eigenvalue weighted by Gasteiger charge is -2.14. The molecule has 4 aromatic heterocycles. The summed E-state index contributed by atoms with van der Waals surface area (Å²) in [5.41, 5.74) is 10.9. The van der Waals surface area contributed by atoms with Gasteiger partial charge in [-0.05, 0) is 169 Å². The average Bonchev–Trinajstić information content (AvgIpc) is 2.00. The molecule has 0 fully saturated rings. The van der Waals surface area contributed by atoms with Crippen molar-refractivity contribution >= 4 is 76.2 Å². The summed E-state index contributed by atoms with van der Waals surface area (Å²) in [6.45, 7) is -2.92. The molecule has 4 heterocycles. The van der Waals surface area contributed by atoms with E-state index in [1.165, 1.54) is 44.8 Å². The molecule has 12 rings (SSSR count). The van der Waals surface area contributed by atoms with Crippen LogP contribution in [0, 0.1) is 55.1 Å². The van der Waals surface area contributed by atoms with Crippen LogP contribution < -0.4 is 0 Å². The van der Waals surface area contributed by atoms with E-state index in [1.807, 2.05) is 48.7 Å². The van der Waals surface area contributed by atoms with Crippen molar-refractivity contribution in [3.05, 3.63) is 202 Å². The third-order valence-electron chi connectivity index (χ3n) is 12.9. The van der Waals surface area contributed by atoms with Crippen molar-refractivity contribution in [2.45, 2.75) is 55.1 Å². The minimum absolute atomic E-state index is 0.104. The first-order chi connectivity index (χ1) is 39.8. The molecular formula is C64H56N2O3S. The second kappa shape index (κ2) is 18.7. The molecule has 6 heteroatoms. The molecule has 70 heavy (non-hydrogen) atoms. The first kappa shape index (κ1) is 31.5.